The van der Waals surface area contributed by atoms with Gasteiger partial charge in [0.05, 0.1) is 17.3 Å². The van der Waals surface area contributed by atoms with Crippen molar-refractivity contribution in [2.45, 2.75) is 12.2 Å². The molecule has 6 nitrogen and oxygen atoms in total. The summed E-state index contributed by atoms with van der Waals surface area (Å²) in [5.41, 5.74) is -0.155. The fourth-order valence-corrected chi connectivity index (χ4v) is 4.53. The molecule has 3 aromatic rings. The Morgan fingerprint density at radius 1 is 1.14 bits per heavy atom. The van der Waals surface area contributed by atoms with Gasteiger partial charge in [0.1, 0.15) is 12.7 Å². The third-order valence-corrected chi connectivity index (χ3v) is 6.41. The maximum absolute atomic E-state index is 13.2. The standard InChI is InChI=1S/C18H18F3N4O2P/c1-28(2,27)14-7-8-23-16-15(14)24(13-9-22-10-13)17(26)25(16)12-5-3-11(4-6-12)18(19,20)21/h3-8,13,22H,9-10H2,1-2H3. The second-order valence-corrected chi connectivity index (χ2v) is 10.4. The lowest BCUT2D eigenvalue weighted by atomic mass is 10.2. The van der Waals surface area contributed by atoms with Crippen molar-refractivity contribution in [2.75, 3.05) is 26.4 Å². The summed E-state index contributed by atoms with van der Waals surface area (Å²) < 4.78 is 54.3. The van der Waals surface area contributed by atoms with Gasteiger partial charge in [0.25, 0.3) is 0 Å². The molecule has 4 rings (SSSR count). The minimum Gasteiger partial charge on any atom is -0.319 e. The van der Waals surface area contributed by atoms with Gasteiger partial charge in [-0.2, -0.15) is 13.2 Å². The molecular formula is C18H18F3N4O2P. The molecule has 10 heteroatoms. The zero-order valence-electron chi connectivity index (χ0n) is 15.2. The monoisotopic (exact) mass is 410 g/mol. The maximum atomic E-state index is 13.2. The van der Waals surface area contributed by atoms with Crippen LogP contribution in [0.3, 0.4) is 0 Å². The SMILES string of the molecule is CP(C)(=O)c1ccnc2c1n(C1CNC1)c(=O)n2-c1ccc(C(F)(F)F)cc1. The molecule has 0 spiro atoms. The third kappa shape index (κ3) is 2.99. The summed E-state index contributed by atoms with van der Waals surface area (Å²) in [5.74, 6) is 0. The molecule has 0 atom stereocenters. The number of fused-ring (bicyclic) bond motifs is 1. The van der Waals surface area contributed by atoms with Crippen LogP contribution in [0.25, 0.3) is 16.9 Å². The number of benzene rings is 1. The average molecular weight is 410 g/mol. The fourth-order valence-electron chi connectivity index (χ4n) is 3.38. The molecule has 28 heavy (non-hydrogen) atoms. The van der Waals surface area contributed by atoms with E-state index in [-0.39, 0.29) is 17.4 Å². The van der Waals surface area contributed by atoms with Gasteiger partial charge < -0.3 is 9.88 Å². The van der Waals surface area contributed by atoms with Crippen LogP contribution in [-0.4, -0.2) is 40.5 Å². The number of aromatic nitrogens is 3. The molecule has 1 aromatic carbocycles. The van der Waals surface area contributed by atoms with Crippen LogP contribution >= 0.6 is 7.14 Å². The Kier molecular flexibility index (Phi) is 4.28. The molecule has 2 aromatic heterocycles. The molecule has 0 saturated carbocycles. The lowest BCUT2D eigenvalue weighted by molar-refractivity contribution is -0.137. The van der Waals surface area contributed by atoms with Crippen molar-refractivity contribution in [3.8, 4) is 5.69 Å². The van der Waals surface area contributed by atoms with Gasteiger partial charge in [-0.15, -0.1) is 0 Å². The second kappa shape index (κ2) is 6.32. The van der Waals surface area contributed by atoms with Crippen molar-refractivity contribution in [1.29, 1.82) is 0 Å². The highest BCUT2D eigenvalue weighted by Gasteiger charge is 2.32. The Labute approximate surface area is 158 Å². The molecule has 0 aliphatic carbocycles. The van der Waals surface area contributed by atoms with E-state index in [0.29, 0.717) is 23.9 Å². The van der Waals surface area contributed by atoms with Crippen LogP contribution in [0.2, 0.25) is 0 Å². The van der Waals surface area contributed by atoms with Gasteiger partial charge in [0.2, 0.25) is 0 Å². The van der Waals surface area contributed by atoms with E-state index in [4.69, 9.17) is 0 Å². The number of pyridine rings is 1. The Morgan fingerprint density at radius 2 is 1.79 bits per heavy atom. The molecule has 1 saturated heterocycles. The third-order valence-electron chi connectivity index (χ3n) is 4.89. The number of nitrogens with one attached hydrogen (secondary N) is 1. The van der Waals surface area contributed by atoms with E-state index in [2.05, 4.69) is 10.3 Å². The van der Waals surface area contributed by atoms with Gasteiger partial charge in [-0.1, -0.05) is 0 Å². The minimum absolute atomic E-state index is 0.125. The molecule has 0 bridgehead atoms. The molecule has 0 radical (unpaired) electrons. The lowest BCUT2D eigenvalue weighted by Crippen LogP contribution is -2.47. The smallest absolute Gasteiger partial charge is 0.319 e. The zero-order valence-corrected chi connectivity index (χ0v) is 16.1. The van der Waals surface area contributed by atoms with Crippen molar-refractivity contribution in [2.24, 2.45) is 0 Å². The number of hydrogen-bond acceptors (Lipinski definition) is 4. The molecule has 1 aliphatic rings. The number of imidazole rings is 1. The van der Waals surface area contributed by atoms with E-state index in [0.717, 1.165) is 12.1 Å². The number of nitrogens with zero attached hydrogens (tertiary/aromatic N) is 3. The van der Waals surface area contributed by atoms with Gasteiger partial charge >= 0.3 is 11.9 Å². The minimum atomic E-state index is -4.46. The summed E-state index contributed by atoms with van der Waals surface area (Å²) in [5, 5.41) is 3.63. The topological polar surface area (TPSA) is 68.9 Å². The molecular weight excluding hydrogens is 392 g/mol. The predicted molar refractivity (Wildman–Crippen MR) is 101 cm³/mol. The van der Waals surface area contributed by atoms with Crippen LogP contribution in [0.1, 0.15) is 11.6 Å². The van der Waals surface area contributed by atoms with Crippen LogP contribution in [0, 0.1) is 0 Å². The zero-order chi connectivity index (χ0) is 20.3. The number of rotatable bonds is 3. The Morgan fingerprint density at radius 3 is 2.29 bits per heavy atom. The summed E-state index contributed by atoms with van der Waals surface area (Å²) in [6.45, 7) is 4.40. The van der Waals surface area contributed by atoms with E-state index in [9.17, 15) is 22.5 Å². The molecule has 148 valence electrons. The maximum Gasteiger partial charge on any atom is 0.416 e. The van der Waals surface area contributed by atoms with Crippen LogP contribution in [0.5, 0.6) is 0 Å². The van der Waals surface area contributed by atoms with Crippen molar-refractivity contribution in [3.63, 3.8) is 0 Å². The molecule has 1 fully saturated rings. The van der Waals surface area contributed by atoms with Crippen molar-refractivity contribution < 1.29 is 17.7 Å². The van der Waals surface area contributed by atoms with Gasteiger partial charge in [-0.25, -0.2) is 14.3 Å². The van der Waals surface area contributed by atoms with Gasteiger partial charge in [-0.05, 0) is 43.7 Å². The van der Waals surface area contributed by atoms with E-state index >= 15 is 0 Å². The highest BCUT2D eigenvalue weighted by atomic mass is 31.2. The fraction of sp³-hybridized carbons (Fsp3) is 0.333. The lowest BCUT2D eigenvalue weighted by Gasteiger charge is -2.28. The van der Waals surface area contributed by atoms with Gasteiger partial charge in [-0.3, -0.25) is 4.57 Å². The van der Waals surface area contributed by atoms with E-state index in [1.807, 2.05) is 0 Å². The molecule has 0 amide bonds. The summed E-state index contributed by atoms with van der Waals surface area (Å²) in [6, 6.07) is 5.88. The molecule has 0 unspecified atom stereocenters. The largest absolute Gasteiger partial charge is 0.416 e. The summed E-state index contributed by atoms with van der Waals surface area (Å²) in [7, 11) is -2.73. The normalized spacial score (nSPS) is 15.8. The number of hydrogen-bond donors (Lipinski definition) is 1. The molecule has 1 N–H and O–H groups in total. The predicted octanol–water partition coefficient (Wildman–Crippen LogP) is 2.60. The average Bonchev–Trinajstić information content (AvgIpc) is 2.84. The Hall–Kier alpha value is -2.38. The first-order chi connectivity index (χ1) is 13.1. The molecule has 3 heterocycles. The summed E-state index contributed by atoms with van der Waals surface area (Å²) in [6.07, 6.45) is -2.99. The summed E-state index contributed by atoms with van der Waals surface area (Å²) in [4.78, 5) is 17.5. The number of alkyl halides is 3. The Balaban J connectivity index is 2.01. The first-order valence-corrected chi connectivity index (χ1v) is 11.2. The van der Waals surface area contributed by atoms with Crippen molar-refractivity contribution >= 4 is 23.6 Å². The van der Waals surface area contributed by atoms with Crippen molar-refractivity contribution in [3.05, 3.63) is 52.6 Å². The highest BCUT2D eigenvalue weighted by molar-refractivity contribution is 7.70. The van der Waals surface area contributed by atoms with Gasteiger partial charge in [0, 0.05) is 24.6 Å². The van der Waals surface area contributed by atoms with Crippen molar-refractivity contribution in [1.82, 2.24) is 19.4 Å². The van der Waals surface area contributed by atoms with E-state index < -0.39 is 24.6 Å². The first-order valence-electron chi connectivity index (χ1n) is 8.65. The number of halogens is 3. The van der Waals surface area contributed by atoms with Crippen LogP contribution in [0.4, 0.5) is 13.2 Å². The van der Waals surface area contributed by atoms with Crippen LogP contribution in [0.15, 0.2) is 41.3 Å². The first kappa shape index (κ1) is 19.0. The van der Waals surface area contributed by atoms with Gasteiger partial charge in [0.15, 0.2) is 5.65 Å². The second-order valence-electron chi connectivity index (χ2n) is 7.20. The Bertz CT molecular complexity index is 1150. The quantitative estimate of drug-likeness (QED) is 0.674. The van der Waals surface area contributed by atoms with Crippen LogP contribution in [-0.2, 0) is 10.7 Å². The van der Waals surface area contributed by atoms with E-state index in [1.54, 1.807) is 24.0 Å². The summed E-state index contributed by atoms with van der Waals surface area (Å²) >= 11 is 0. The highest BCUT2D eigenvalue weighted by Crippen LogP contribution is 2.38. The van der Waals surface area contributed by atoms with Crippen LogP contribution < -0.4 is 16.3 Å². The van der Waals surface area contributed by atoms with E-state index in [1.165, 1.54) is 22.9 Å². The molecule has 1 aliphatic heterocycles.